The first kappa shape index (κ1) is 49.3. The molecular weight excluding hydrogens is 864 g/mol. The number of benzene rings is 3. The predicted octanol–water partition coefficient (Wildman–Crippen LogP) is 1.11. The minimum Gasteiger partial charge on any atom is -0.504 e. The highest BCUT2D eigenvalue weighted by atomic mass is 16.8. The van der Waals surface area contributed by atoms with Gasteiger partial charge in [-0.2, -0.15) is 0 Å². The number of hydrogen-bond acceptors (Lipinski definition) is 21. The topological polar surface area (TPSA) is 302 Å². The van der Waals surface area contributed by atoms with E-state index in [1.165, 1.54) is 94.2 Å². The molecule has 9 atom stereocenters. The molecule has 9 unspecified atom stereocenters. The molecule has 0 aliphatic carbocycles. The standard InChI is InChI=1S/C44H48O21/c1-23(46)61-41-40(55)38(53)33(20-45)62-43(41)65-44(22-60-36(51)15-9-25-6-12-28(48)31(18-25)57-3)42(63-37(52)16-10-26-7-13-29(49)32(19-26)58-4)39(54)34(64-44)21-59-35(50)14-8-24-5-11-27(47)30(17-24)56-2/h5-19,33-34,38-43,45,47-49,53-55H,20-22H2,1-4H3. The highest BCUT2D eigenvalue weighted by molar-refractivity contribution is 5.88. The third kappa shape index (κ3) is 12.5. The second-order valence-electron chi connectivity index (χ2n) is 14.2. The van der Waals surface area contributed by atoms with Gasteiger partial charge in [-0.3, -0.25) is 4.79 Å². The fraction of sp³-hybridized carbons (Fsp3) is 0.364. The summed E-state index contributed by atoms with van der Waals surface area (Å²) in [6, 6.07) is 12.6. The number of rotatable bonds is 18. The van der Waals surface area contributed by atoms with Gasteiger partial charge in [-0.05, 0) is 71.3 Å². The molecule has 2 heterocycles. The first-order valence-corrected chi connectivity index (χ1v) is 19.5. The van der Waals surface area contributed by atoms with Crippen LogP contribution in [0.1, 0.15) is 23.6 Å². The van der Waals surface area contributed by atoms with Crippen LogP contribution >= 0.6 is 0 Å². The molecule has 21 heteroatoms. The van der Waals surface area contributed by atoms with E-state index in [2.05, 4.69) is 0 Å². The Morgan fingerprint density at radius 1 is 0.646 bits per heavy atom. The largest absolute Gasteiger partial charge is 0.504 e. The summed E-state index contributed by atoms with van der Waals surface area (Å²) in [5.41, 5.74) is 1.15. The number of carbonyl (C=O) groups excluding carboxylic acids is 4. The van der Waals surface area contributed by atoms with Gasteiger partial charge in [-0.25, -0.2) is 14.4 Å². The van der Waals surface area contributed by atoms with Crippen LogP contribution in [0.5, 0.6) is 34.5 Å². The molecule has 65 heavy (non-hydrogen) atoms. The second-order valence-corrected chi connectivity index (χ2v) is 14.2. The van der Waals surface area contributed by atoms with E-state index in [0.29, 0.717) is 16.7 Å². The van der Waals surface area contributed by atoms with E-state index < -0.39 is 98.5 Å². The number of aliphatic hydroxyl groups excluding tert-OH is 4. The van der Waals surface area contributed by atoms with Crippen LogP contribution in [0.4, 0.5) is 0 Å². The molecule has 5 rings (SSSR count). The van der Waals surface area contributed by atoms with Gasteiger partial charge in [0.25, 0.3) is 0 Å². The van der Waals surface area contributed by atoms with Gasteiger partial charge in [0.1, 0.15) is 43.7 Å². The Bertz CT molecular complexity index is 2250. The van der Waals surface area contributed by atoms with Crippen molar-refractivity contribution in [1.82, 2.24) is 0 Å². The van der Waals surface area contributed by atoms with Crippen molar-refractivity contribution in [2.24, 2.45) is 0 Å². The van der Waals surface area contributed by atoms with Crippen molar-refractivity contribution >= 4 is 42.1 Å². The fourth-order valence-corrected chi connectivity index (χ4v) is 6.53. The highest BCUT2D eigenvalue weighted by Crippen LogP contribution is 2.40. The van der Waals surface area contributed by atoms with Crippen LogP contribution in [0.2, 0.25) is 0 Å². The molecule has 0 aromatic heterocycles. The van der Waals surface area contributed by atoms with Gasteiger partial charge >= 0.3 is 23.9 Å². The summed E-state index contributed by atoms with van der Waals surface area (Å²) in [6.07, 6.45) is -8.23. The summed E-state index contributed by atoms with van der Waals surface area (Å²) in [7, 11) is 3.97. The average Bonchev–Trinajstić information content (AvgIpc) is 3.54. The van der Waals surface area contributed by atoms with Gasteiger partial charge in [0.2, 0.25) is 12.1 Å². The maximum Gasteiger partial charge on any atom is 0.331 e. The van der Waals surface area contributed by atoms with Crippen LogP contribution in [0.25, 0.3) is 18.2 Å². The summed E-state index contributed by atoms with van der Waals surface area (Å²) in [5, 5.41) is 73.4. The number of esters is 4. The molecule has 0 amide bonds. The van der Waals surface area contributed by atoms with Crippen LogP contribution in [-0.4, -0.2) is 156 Å². The maximum absolute atomic E-state index is 13.6. The van der Waals surface area contributed by atoms with Crippen molar-refractivity contribution in [2.45, 2.75) is 61.7 Å². The van der Waals surface area contributed by atoms with Crippen molar-refractivity contribution in [2.75, 3.05) is 41.2 Å². The molecule has 7 N–H and O–H groups in total. The molecule has 0 radical (unpaired) electrons. The lowest BCUT2D eigenvalue weighted by atomic mass is 9.98. The van der Waals surface area contributed by atoms with Crippen LogP contribution in [0.15, 0.2) is 72.8 Å². The first-order valence-electron chi connectivity index (χ1n) is 19.5. The maximum atomic E-state index is 13.6. The lowest BCUT2D eigenvalue weighted by Gasteiger charge is -2.44. The molecule has 0 saturated carbocycles. The molecule has 21 nitrogen and oxygen atoms in total. The SMILES string of the molecule is COc1cc(C=CC(=O)OCC2OC(COC(=O)C=Cc3ccc(O)c(OC)c3)(OC3OC(CO)C(O)C(O)C3OC(C)=O)C(OC(=O)C=Cc3ccc(O)c(OC)c3)C2O)ccc1O. The van der Waals surface area contributed by atoms with E-state index in [4.69, 9.17) is 47.4 Å². The number of ether oxygens (including phenoxy) is 10. The number of hydrogen-bond donors (Lipinski definition) is 7. The summed E-state index contributed by atoms with van der Waals surface area (Å²) >= 11 is 0. The van der Waals surface area contributed by atoms with E-state index in [1.807, 2.05) is 0 Å². The Kier molecular flexibility index (Phi) is 16.9. The van der Waals surface area contributed by atoms with Gasteiger partial charge in [0.05, 0.1) is 27.9 Å². The molecule has 0 spiro atoms. The summed E-state index contributed by atoms with van der Waals surface area (Å²) in [5.74, 6) is -7.12. The van der Waals surface area contributed by atoms with Crippen molar-refractivity contribution in [3.8, 4) is 34.5 Å². The molecule has 2 fully saturated rings. The van der Waals surface area contributed by atoms with Crippen LogP contribution in [-0.2, 0) is 52.3 Å². The van der Waals surface area contributed by atoms with Crippen LogP contribution in [0.3, 0.4) is 0 Å². The lowest BCUT2D eigenvalue weighted by molar-refractivity contribution is -0.383. The van der Waals surface area contributed by atoms with Crippen LogP contribution < -0.4 is 14.2 Å². The Morgan fingerprint density at radius 2 is 1.12 bits per heavy atom. The molecule has 2 aliphatic rings. The number of aromatic hydroxyl groups is 3. The van der Waals surface area contributed by atoms with Crippen molar-refractivity contribution < 1.29 is 102 Å². The Balaban J connectivity index is 1.51. The van der Waals surface area contributed by atoms with Gasteiger partial charge in [0.15, 0.2) is 46.7 Å². The zero-order valence-corrected chi connectivity index (χ0v) is 35.2. The monoisotopic (exact) mass is 912 g/mol. The highest BCUT2D eigenvalue weighted by Gasteiger charge is 2.62. The fourth-order valence-electron chi connectivity index (χ4n) is 6.53. The van der Waals surface area contributed by atoms with E-state index in [9.17, 15) is 54.9 Å². The van der Waals surface area contributed by atoms with Crippen LogP contribution in [0, 0.1) is 0 Å². The molecule has 350 valence electrons. The normalized spacial score (nSPS) is 25.4. The Labute approximate surface area is 370 Å². The minimum atomic E-state index is -2.70. The minimum absolute atomic E-state index is 0.0753. The smallest absolute Gasteiger partial charge is 0.331 e. The third-order valence-corrected chi connectivity index (χ3v) is 9.81. The van der Waals surface area contributed by atoms with Gasteiger partial charge in [-0.1, -0.05) is 18.2 Å². The van der Waals surface area contributed by atoms with E-state index >= 15 is 0 Å². The zero-order chi connectivity index (χ0) is 47.4. The molecule has 0 bridgehead atoms. The van der Waals surface area contributed by atoms with Gasteiger partial charge < -0.3 is 83.1 Å². The molecule has 3 aromatic rings. The first-order chi connectivity index (χ1) is 31.0. The number of phenols is 3. The number of carbonyl (C=O) groups is 4. The summed E-state index contributed by atoms with van der Waals surface area (Å²) in [6.45, 7) is -1.79. The van der Waals surface area contributed by atoms with Crippen molar-refractivity contribution in [1.29, 1.82) is 0 Å². The molecule has 2 saturated heterocycles. The van der Waals surface area contributed by atoms with E-state index in [-0.39, 0.29) is 34.5 Å². The Morgan fingerprint density at radius 3 is 1.58 bits per heavy atom. The third-order valence-electron chi connectivity index (χ3n) is 9.81. The number of methoxy groups -OCH3 is 3. The molecule has 3 aromatic carbocycles. The molecule has 2 aliphatic heterocycles. The predicted molar refractivity (Wildman–Crippen MR) is 221 cm³/mol. The number of aliphatic hydroxyl groups is 4. The zero-order valence-electron chi connectivity index (χ0n) is 35.2. The second kappa shape index (κ2) is 22.3. The quantitative estimate of drug-likeness (QED) is 0.0534. The summed E-state index contributed by atoms with van der Waals surface area (Å²) in [4.78, 5) is 52.1. The Hall–Kier alpha value is -6.72. The van der Waals surface area contributed by atoms with Crippen molar-refractivity contribution in [3.63, 3.8) is 0 Å². The van der Waals surface area contributed by atoms with Gasteiger partial charge in [-0.15, -0.1) is 0 Å². The average molecular weight is 913 g/mol. The van der Waals surface area contributed by atoms with E-state index in [0.717, 1.165) is 25.2 Å². The van der Waals surface area contributed by atoms with Gasteiger partial charge in [0, 0.05) is 25.2 Å². The van der Waals surface area contributed by atoms with Crippen molar-refractivity contribution in [3.05, 3.63) is 89.5 Å². The number of phenolic OH excluding ortho intramolecular Hbond substituents is 3. The van der Waals surface area contributed by atoms with E-state index in [1.54, 1.807) is 0 Å². The molecular formula is C44H48O21. The summed E-state index contributed by atoms with van der Waals surface area (Å²) < 4.78 is 55.1. The lowest BCUT2D eigenvalue weighted by Crippen LogP contribution is -2.64.